The summed E-state index contributed by atoms with van der Waals surface area (Å²) in [4.78, 5) is 0. The number of hydrogen-bond acceptors (Lipinski definition) is 4. The molecule has 0 amide bonds. The molecule has 186 valence electrons. The van der Waals surface area contributed by atoms with E-state index in [0.717, 1.165) is 98.9 Å². The Kier molecular flexibility index (Phi) is 3.65. The van der Waals surface area contributed by atoms with Gasteiger partial charge >= 0.3 is 0 Å². The lowest BCUT2D eigenvalue weighted by molar-refractivity contribution is 0.633. The summed E-state index contributed by atoms with van der Waals surface area (Å²) in [5.41, 5.74) is 8.97. The molecule has 4 heterocycles. The monoisotopic (exact) mass is 514 g/mol. The summed E-state index contributed by atoms with van der Waals surface area (Å²) in [6.07, 6.45) is 0. The molecule has 0 saturated heterocycles. The molecule has 0 aliphatic carbocycles. The van der Waals surface area contributed by atoms with Crippen molar-refractivity contribution in [3.05, 3.63) is 109 Å². The molecule has 0 radical (unpaired) electrons. The quantitative estimate of drug-likeness (QED) is 0.219. The normalized spacial score (nSPS) is 12.5. The molecule has 0 bridgehead atoms. The molecule has 0 atom stereocenters. The predicted molar refractivity (Wildman–Crippen MR) is 161 cm³/mol. The van der Waals surface area contributed by atoms with Crippen LogP contribution in [0, 0.1) is 0 Å². The molecule has 0 fully saturated rings. The minimum atomic E-state index is 0.784. The zero-order valence-corrected chi connectivity index (χ0v) is 21.0. The van der Waals surface area contributed by atoms with Gasteiger partial charge in [-0.1, -0.05) is 48.5 Å². The molecule has 4 heteroatoms. The van der Waals surface area contributed by atoms with Crippen molar-refractivity contribution in [2.75, 3.05) is 0 Å². The molecule has 0 unspecified atom stereocenters. The van der Waals surface area contributed by atoms with Gasteiger partial charge in [0.05, 0.1) is 0 Å². The molecule has 0 aliphatic rings. The molecule has 4 aromatic heterocycles. The maximum atomic E-state index is 6.36. The molecule has 0 N–H and O–H groups in total. The number of benzene rings is 6. The van der Waals surface area contributed by atoms with Crippen LogP contribution in [-0.2, 0) is 0 Å². The van der Waals surface area contributed by atoms with Gasteiger partial charge in [0.15, 0.2) is 11.2 Å². The largest absolute Gasteiger partial charge is 0.456 e. The van der Waals surface area contributed by atoms with E-state index in [1.807, 2.05) is 48.5 Å². The van der Waals surface area contributed by atoms with E-state index in [1.54, 1.807) is 0 Å². The lowest BCUT2D eigenvalue weighted by atomic mass is 9.99. The van der Waals surface area contributed by atoms with E-state index in [4.69, 9.17) is 17.7 Å². The molecule has 0 spiro atoms. The minimum Gasteiger partial charge on any atom is -0.456 e. The van der Waals surface area contributed by atoms with Crippen molar-refractivity contribution in [2.24, 2.45) is 0 Å². The van der Waals surface area contributed by atoms with Gasteiger partial charge in [0, 0.05) is 43.1 Å². The van der Waals surface area contributed by atoms with Gasteiger partial charge in [0.2, 0.25) is 0 Å². The second kappa shape index (κ2) is 7.13. The van der Waals surface area contributed by atoms with Crippen LogP contribution in [-0.4, -0.2) is 0 Å². The van der Waals surface area contributed by atoms with Crippen molar-refractivity contribution in [1.29, 1.82) is 0 Å². The third-order valence-corrected chi connectivity index (χ3v) is 8.29. The molecular weight excluding hydrogens is 496 g/mol. The van der Waals surface area contributed by atoms with Crippen molar-refractivity contribution in [3.8, 4) is 11.1 Å². The summed E-state index contributed by atoms with van der Waals surface area (Å²) in [5.74, 6) is 0. The molecule has 40 heavy (non-hydrogen) atoms. The topological polar surface area (TPSA) is 52.6 Å². The Bertz CT molecular complexity index is 2660. The average Bonchev–Trinajstić information content (AvgIpc) is 3.75. The smallest absolute Gasteiger partial charge is 0.178 e. The van der Waals surface area contributed by atoms with Crippen molar-refractivity contribution < 1.29 is 17.7 Å². The number of hydrogen-bond donors (Lipinski definition) is 0. The summed E-state index contributed by atoms with van der Waals surface area (Å²) in [6, 6.07) is 37.4. The Balaban J connectivity index is 1.22. The van der Waals surface area contributed by atoms with E-state index in [-0.39, 0.29) is 0 Å². The third kappa shape index (κ3) is 2.55. The van der Waals surface area contributed by atoms with E-state index in [0.29, 0.717) is 0 Å². The Morgan fingerprint density at radius 3 is 1.48 bits per heavy atom. The first kappa shape index (κ1) is 20.5. The van der Waals surface area contributed by atoms with Crippen LogP contribution in [0.3, 0.4) is 0 Å². The first-order chi connectivity index (χ1) is 19.8. The highest BCUT2D eigenvalue weighted by Crippen LogP contribution is 2.42. The Hall–Kier alpha value is -5.48. The first-order valence-corrected chi connectivity index (χ1v) is 13.3. The van der Waals surface area contributed by atoms with Crippen molar-refractivity contribution >= 4 is 87.8 Å². The molecule has 6 aromatic carbocycles. The Morgan fingerprint density at radius 2 is 0.775 bits per heavy atom. The predicted octanol–water partition coefficient (Wildman–Crippen LogP) is 11.0. The molecule has 0 saturated carbocycles. The van der Waals surface area contributed by atoms with Gasteiger partial charge in [-0.05, 0) is 71.8 Å². The van der Waals surface area contributed by atoms with Crippen LogP contribution >= 0.6 is 0 Å². The van der Waals surface area contributed by atoms with Crippen LogP contribution in [0.5, 0.6) is 0 Å². The van der Waals surface area contributed by atoms with Gasteiger partial charge in [-0.2, -0.15) is 0 Å². The molecule has 0 aliphatic heterocycles. The maximum Gasteiger partial charge on any atom is 0.178 e. The minimum absolute atomic E-state index is 0.784. The highest BCUT2D eigenvalue weighted by Gasteiger charge is 2.18. The molecular formula is C36H18O4. The maximum absolute atomic E-state index is 6.36. The number of para-hydroxylation sites is 2. The highest BCUT2D eigenvalue weighted by molar-refractivity contribution is 6.26. The summed E-state index contributed by atoms with van der Waals surface area (Å²) in [6.45, 7) is 0. The second-order valence-electron chi connectivity index (χ2n) is 10.5. The van der Waals surface area contributed by atoms with Crippen molar-refractivity contribution in [3.63, 3.8) is 0 Å². The van der Waals surface area contributed by atoms with E-state index in [1.165, 1.54) is 0 Å². The highest BCUT2D eigenvalue weighted by atomic mass is 16.4. The summed E-state index contributed by atoms with van der Waals surface area (Å²) in [7, 11) is 0. The molecule has 10 aromatic rings. The number of fused-ring (bicyclic) bond motifs is 14. The number of furan rings is 4. The fourth-order valence-corrected chi connectivity index (χ4v) is 6.46. The van der Waals surface area contributed by atoms with Gasteiger partial charge in [-0.3, -0.25) is 0 Å². The van der Waals surface area contributed by atoms with Gasteiger partial charge in [0.1, 0.15) is 33.5 Å². The molecule has 10 rings (SSSR count). The lowest BCUT2D eigenvalue weighted by Gasteiger charge is -2.03. The zero-order valence-electron chi connectivity index (χ0n) is 21.0. The van der Waals surface area contributed by atoms with E-state index < -0.39 is 0 Å². The fraction of sp³-hybridized carbons (Fsp3) is 0. The Labute approximate surface area is 225 Å². The van der Waals surface area contributed by atoms with Gasteiger partial charge in [0.25, 0.3) is 0 Å². The lowest BCUT2D eigenvalue weighted by Crippen LogP contribution is -1.78. The first-order valence-electron chi connectivity index (χ1n) is 13.3. The van der Waals surface area contributed by atoms with Crippen LogP contribution < -0.4 is 0 Å². The summed E-state index contributed by atoms with van der Waals surface area (Å²) < 4.78 is 25.0. The van der Waals surface area contributed by atoms with Gasteiger partial charge in [-0.15, -0.1) is 0 Å². The average molecular weight is 515 g/mol. The van der Waals surface area contributed by atoms with Crippen molar-refractivity contribution in [1.82, 2.24) is 0 Å². The summed E-state index contributed by atoms with van der Waals surface area (Å²) in [5, 5.41) is 8.63. The van der Waals surface area contributed by atoms with Crippen LogP contribution in [0.1, 0.15) is 0 Å². The SMILES string of the molecule is c1ccc2c(c1)oc1c2ccc2c3cc(-c4ccc5oc6ccc7oc8ccccc8c7c6c5c4)ccc3oc21. The fourth-order valence-electron chi connectivity index (χ4n) is 6.46. The number of rotatable bonds is 1. The van der Waals surface area contributed by atoms with Crippen molar-refractivity contribution in [2.45, 2.75) is 0 Å². The summed E-state index contributed by atoms with van der Waals surface area (Å²) >= 11 is 0. The Morgan fingerprint density at radius 1 is 0.300 bits per heavy atom. The standard InChI is InChI=1S/C36H18O4/c1-3-7-27-21(5-1)22-11-12-23-25-17-19(9-13-29(25)40-36(23)35(22)39-27)20-10-14-30-26(18-20)34-32(38-30)16-15-31-33(34)24-6-2-4-8-28(24)37-31/h1-18H. The van der Waals surface area contributed by atoms with Crippen LogP contribution in [0.4, 0.5) is 0 Å². The zero-order chi connectivity index (χ0) is 25.9. The third-order valence-electron chi connectivity index (χ3n) is 8.29. The molecule has 4 nitrogen and oxygen atoms in total. The van der Waals surface area contributed by atoms with Crippen LogP contribution in [0.15, 0.2) is 127 Å². The van der Waals surface area contributed by atoms with Gasteiger partial charge in [-0.25, -0.2) is 0 Å². The van der Waals surface area contributed by atoms with Crippen LogP contribution in [0.25, 0.3) is 98.9 Å². The van der Waals surface area contributed by atoms with E-state index in [9.17, 15) is 0 Å². The van der Waals surface area contributed by atoms with E-state index in [2.05, 4.69) is 60.7 Å². The van der Waals surface area contributed by atoms with Crippen LogP contribution in [0.2, 0.25) is 0 Å². The second-order valence-corrected chi connectivity index (χ2v) is 10.5. The van der Waals surface area contributed by atoms with E-state index >= 15 is 0 Å². The van der Waals surface area contributed by atoms with Gasteiger partial charge < -0.3 is 17.7 Å².